The van der Waals surface area contributed by atoms with Crippen molar-refractivity contribution in [3.05, 3.63) is 0 Å². The van der Waals surface area contributed by atoms with Gasteiger partial charge in [-0.25, -0.2) is 0 Å². The van der Waals surface area contributed by atoms with E-state index in [0.29, 0.717) is 79.3 Å². The molecule has 8 heteroatoms. The molecular weight excluding hydrogens is 368 g/mol. The highest BCUT2D eigenvalue weighted by molar-refractivity contribution is 6.74. The monoisotopic (exact) mass is 410 g/mol. The molecule has 0 amide bonds. The first-order valence-corrected chi connectivity index (χ1v) is 12.7. The van der Waals surface area contributed by atoms with Crippen LogP contribution in [0.15, 0.2) is 0 Å². The fourth-order valence-corrected chi connectivity index (χ4v) is 2.72. The molecule has 0 unspecified atom stereocenters. The predicted octanol–water partition coefficient (Wildman–Crippen LogP) is 2.74. The first kappa shape index (κ1) is 26.9. The molecule has 0 radical (unpaired) electrons. The Bertz CT molecular complexity index is 322. The topological polar surface area (TPSA) is 64.6 Å². The quantitative estimate of drug-likeness (QED) is 0.240. The summed E-state index contributed by atoms with van der Waals surface area (Å²) in [5, 5.41) is 0.235. The van der Waals surface area contributed by atoms with Crippen LogP contribution < -0.4 is 0 Å². The molecular formula is C19H42O7Si. The van der Waals surface area contributed by atoms with Crippen molar-refractivity contribution in [3.8, 4) is 0 Å². The maximum Gasteiger partial charge on any atom is 0.192 e. The lowest BCUT2D eigenvalue weighted by atomic mass is 10.2. The Hall–Kier alpha value is -0.0631. The molecule has 0 fully saturated rings. The highest BCUT2D eigenvalue weighted by atomic mass is 28.4. The third kappa shape index (κ3) is 16.6. The first-order valence-electron chi connectivity index (χ1n) is 9.83. The number of hydrogen-bond donors (Lipinski definition) is 0. The minimum atomic E-state index is -1.67. The second-order valence-corrected chi connectivity index (χ2v) is 12.5. The Morgan fingerprint density at radius 1 is 0.519 bits per heavy atom. The lowest BCUT2D eigenvalue weighted by Gasteiger charge is -2.36. The largest absolute Gasteiger partial charge is 0.414 e. The maximum absolute atomic E-state index is 6.05. The third-order valence-electron chi connectivity index (χ3n) is 4.42. The summed E-state index contributed by atoms with van der Waals surface area (Å²) in [4.78, 5) is 0. The minimum absolute atomic E-state index is 0.235. The van der Waals surface area contributed by atoms with Gasteiger partial charge in [0.1, 0.15) is 0 Å². The smallest absolute Gasteiger partial charge is 0.192 e. The molecule has 0 aromatic rings. The summed E-state index contributed by atoms with van der Waals surface area (Å²) in [5.74, 6) is 0. The maximum atomic E-state index is 6.05. The van der Waals surface area contributed by atoms with Crippen LogP contribution in [0.1, 0.15) is 20.8 Å². The van der Waals surface area contributed by atoms with Gasteiger partial charge in [-0.3, -0.25) is 0 Å². The Balaban J connectivity index is 3.19. The van der Waals surface area contributed by atoms with Gasteiger partial charge in [-0.1, -0.05) is 20.8 Å². The molecule has 164 valence electrons. The molecule has 0 spiro atoms. The Kier molecular flexibility index (Phi) is 16.8. The van der Waals surface area contributed by atoms with Gasteiger partial charge < -0.3 is 32.8 Å². The average molecular weight is 411 g/mol. The summed E-state index contributed by atoms with van der Waals surface area (Å²) < 4.78 is 38.0. The zero-order valence-electron chi connectivity index (χ0n) is 18.3. The molecule has 0 aromatic carbocycles. The van der Waals surface area contributed by atoms with Gasteiger partial charge in [0.05, 0.1) is 79.3 Å². The van der Waals surface area contributed by atoms with Crippen molar-refractivity contribution in [2.24, 2.45) is 0 Å². The normalized spacial score (nSPS) is 12.7. The lowest BCUT2D eigenvalue weighted by Crippen LogP contribution is -2.41. The van der Waals surface area contributed by atoms with Crippen LogP contribution in [0.3, 0.4) is 0 Å². The summed E-state index contributed by atoms with van der Waals surface area (Å²) in [6.07, 6.45) is 0. The molecule has 0 bridgehead atoms. The highest BCUT2D eigenvalue weighted by Crippen LogP contribution is 2.36. The summed E-state index contributed by atoms with van der Waals surface area (Å²) in [7, 11) is -0.0128. The van der Waals surface area contributed by atoms with Crippen LogP contribution in [-0.2, 0) is 32.8 Å². The van der Waals surface area contributed by atoms with Crippen LogP contribution >= 0.6 is 0 Å². The number of ether oxygens (including phenoxy) is 6. The van der Waals surface area contributed by atoms with Gasteiger partial charge in [-0.05, 0) is 18.1 Å². The van der Waals surface area contributed by atoms with Crippen molar-refractivity contribution in [1.29, 1.82) is 0 Å². The van der Waals surface area contributed by atoms with Gasteiger partial charge in [-0.2, -0.15) is 0 Å². The number of methoxy groups -OCH3 is 1. The van der Waals surface area contributed by atoms with E-state index < -0.39 is 8.32 Å². The fraction of sp³-hybridized carbons (Fsp3) is 1.00. The van der Waals surface area contributed by atoms with E-state index in [1.165, 1.54) is 0 Å². The zero-order chi connectivity index (χ0) is 20.4. The molecule has 0 aliphatic rings. The summed E-state index contributed by atoms with van der Waals surface area (Å²) >= 11 is 0. The van der Waals surface area contributed by atoms with E-state index in [-0.39, 0.29) is 5.04 Å². The molecule has 0 aromatic heterocycles. The molecule has 7 nitrogen and oxygen atoms in total. The van der Waals surface area contributed by atoms with E-state index in [9.17, 15) is 0 Å². The third-order valence-corrected chi connectivity index (χ3v) is 8.95. The highest BCUT2D eigenvalue weighted by Gasteiger charge is 2.36. The summed E-state index contributed by atoms with van der Waals surface area (Å²) in [5.41, 5.74) is 0. The number of hydrogen-bond acceptors (Lipinski definition) is 7. The van der Waals surface area contributed by atoms with E-state index in [1.54, 1.807) is 7.11 Å². The summed E-state index contributed by atoms with van der Waals surface area (Å²) in [6, 6.07) is 0. The van der Waals surface area contributed by atoms with Crippen molar-refractivity contribution in [3.63, 3.8) is 0 Å². The Morgan fingerprint density at radius 3 is 1.11 bits per heavy atom. The average Bonchev–Trinajstić information content (AvgIpc) is 2.59. The van der Waals surface area contributed by atoms with Gasteiger partial charge >= 0.3 is 0 Å². The molecule has 0 aliphatic carbocycles. The van der Waals surface area contributed by atoms with Crippen molar-refractivity contribution in [2.75, 3.05) is 86.4 Å². The molecule has 0 aliphatic heterocycles. The molecule has 0 saturated heterocycles. The van der Waals surface area contributed by atoms with Crippen molar-refractivity contribution in [1.82, 2.24) is 0 Å². The van der Waals surface area contributed by atoms with Crippen LogP contribution in [0.5, 0.6) is 0 Å². The zero-order valence-corrected chi connectivity index (χ0v) is 19.3. The molecule has 0 atom stereocenters. The fourth-order valence-electron chi connectivity index (χ4n) is 1.70. The first-order chi connectivity index (χ1) is 12.8. The van der Waals surface area contributed by atoms with Crippen molar-refractivity contribution in [2.45, 2.75) is 38.9 Å². The summed E-state index contributed by atoms with van der Waals surface area (Å²) in [6.45, 7) is 18.2. The molecule has 0 saturated carbocycles. The van der Waals surface area contributed by atoms with Crippen LogP contribution in [-0.4, -0.2) is 94.7 Å². The van der Waals surface area contributed by atoms with Crippen LogP contribution in [0, 0.1) is 0 Å². The van der Waals surface area contributed by atoms with E-state index in [0.717, 1.165) is 0 Å². The minimum Gasteiger partial charge on any atom is -0.414 e. The van der Waals surface area contributed by atoms with Crippen molar-refractivity contribution < 1.29 is 32.8 Å². The van der Waals surface area contributed by atoms with Crippen LogP contribution in [0.4, 0.5) is 0 Å². The van der Waals surface area contributed by atoms with Gasteiger partial charge in [0.15, 0.2) is 8.32 Å². The van der Waals surface area contributed by atoms with E-state index in [2.05, 4.69) is 33.9 Å². The van der Waals surface area contributed by atoms with Gasteiger partial charge in [0, 0.05) is 7.11 Å². The number of rotatable bonds is 19. The molecule has 0 heterocycles. The molecule has 0 N–H and O–H groups in total. The second-order valence-electron chi connectivity index (χ2n) is 7.66. The van der Waals surface area contributed by atoms with Crippen molar-refractivity contribution >= 4 is 8.32 Å². The predicted molar refractivity (Wildman–Crippen MR) is 109 cm³/mol. The second kappa shape index (κ2) is 16.9. The molecule has 0 rings (SSSR count). The van der Waals surface area contributed by atoms with Crippen LogP contribution in [0.2, 0.25) is 18.1 Å². The van der Waals surface area contributed by atoms with Gasteiger partial charge in [0.2, 0.25) is 0 Å². The van der Waals surface area contributed by atoms with E-state index >= 15 is 0 Å². The lowest BCUT2D eigenvalue weighted by molar-refractivity contribution is -0.0161. The SMILES string of the molecule is COCCOCCOCCOCCOCCOCCO[Si](C)(C)C(C)(C)C. The molecule has 27 heavy (non-hydrogen) atoms. The van der Waals surface area contributed by atoms with E-state index in [4.69, 9.17) is 32.8 Å². The standard InChI is InChI=1S/C19H42O7Si/c1-19(2,3)27(5,6)26-18-17-25-16-15-24-14-13-23-12-11-22-10-9-21-8-7-20-4/h7-18H2,1-6H3. The van der Waals surface area contributed by atoms with E-state index in [1.807, 2.05) is 0 Å². The van der Waals surface area contributed by atoms with Crippen LogP contribution in [0.25, 0.3) is 0 Å². The Morgan fingerprint density at radius 2 is 0.815 bits per heavy atom. The van der Waals surface area contributed by atoms with Gasteiger partial charge in [0.25, 0.3) is 0 Å². The Labute approximate surface area is 167 Å². The van der Waals surface area contributed by atoms with Gasteiger partial charge in [-0.15, -0.1) is 0 Å².